The molecule has 3 heterocycles. The fourth-order valence-electron chi connectivity index (χ4n) is 5.68. The summed E-state index contributed by atoms with van der Waals surface area (Å²) in [4.78, 5) is 36.5. The van der Waals surface area contributed by atoms with Gasteiger partial charge in [0.15, 0.2) is 12.6 Å². The second kappa shape index (κ2) is 17.8. The van der Waals surface area contributed by atoms with Gasteiger partial charge in [-0.3, -0.25) is 9.59 Å². The molecule has 0 aromatic heterocycles. The molecule has 3 fully saturated rings. The highest BCUT2D eigenvalue weighted by Gasteiger charge is 2.59. The number of methoxy groups -OCH3 is 1. The molecule has 0 aromatic rings. The molecule has 3 saturated heterocycles. The third-order valence-corrected chi connectivity index (χ3v) is 8.34. The minimum atomic E-state index is -3.01. The van der Waals surface area contributed by atoms with E-state index in [0.29, 0.717) is 6.42 Å². The van der Waals surface area contributed by atoms with Crippen LogP contribution in [0.5, 0.6) is 0 Å². The van der Waals surface area contributed by atoms with E-state index < -0.39 is 142 Å². The Hall–Kier alpha value is -2.19. The molecule has 0 saturated carbocycles. The SMILES string of the molecule is CCCC(=O)OC[C@@H](O)[C@@H](O)[C@@H]1O[C@@](O[C@H]2[C@@H](O)[C@@H](CO)O[C@@H](OC[C@H]3O[C@H](OC)[C@H](O)[C@@H](O)[C@@H]3O)[C@@H]2O)(C(=O)O)C[C@H](O)[C@H]1NC(C)=O. The number of ether oxygens (including phenoxy) is 7. The van der Waals surface area contributed by atoms with Gasteiger partial charge in [0.05, 0.1) is 25.4 Å². The van der Waals surface area contributed by atoms with E-state index in [1.54, 1.807) is 6.92 Å². The maximum atomic E-state index is 12.7. The second-order valence-electron chi connectivity index (χ2n) is 12.0. The molecule has 21 nitrogen and oxygen atoms in total. The highest BCUT2D eigenvalue weighted by molar-refractivity contribution is 5.76. The molecular formula is C28H47NO20. The number of carboxylic acid groups (broad SMARTS) is 1. The molecule has 49 heavy (non-hydrogen) atoms. The number of aliphatic hydroxyl groups excluding tert-OH is 9. The molecule has 21 heteroatoms. The predicted octanol–water partition coefficient (Wildman–Crippen LogP) is -6.22. The van der Waals surface area contributed by atoms with Crippen LogP contribution in [0.3, 0.4) is 0 Å². The summed E-state index contributed by atoms with van der Waals surface area (Å²) in [6.07, 6.45) is -25.8. The molecule has 3 aliphatic heterocycles. The van der Waals surface area contributed by atoms with Crippen molar-refractivity contribution in [3.05, 3.63) is 0 Å². The van der Waals surface area contributed by atoms with Crippen molar-refractivity contribution in [2.75, 3.05) is 26.9 Å². The largest absolute Gasteiger partial charge is 0.477 e. The first-order valence-corrected chi connectivity index (χ1v) is 15.5. The maximum Gasteiger partial charge on any atom is 0.364 e. The smallest absolute Gasteiger partial charge is 0.364 e. The van der Waals surface area contributed by atoms with Gasteiger partial charge < -0.3 is 89.5 Å². The first-order valence-electron chi connectivity index (χ1n) is 15.5. The molecule has 0 unspecified atom stereocenters. The zero-order valence-corrected chi connectivity index (χ0v) is 27.0. The van der Waals surface area contributed by atoms with Crippen LogP contribution in [0.2, 0.25) is 0 Å². The minimum Gasteiger partial charge on any atom is -0.477 e. The zero-order chi connectivity index (χ0) is 36.8. The van der Waals surface area contributed by atoms with Crippen LogP contribution in [0, 0.1) is 0 Å². The molecule has 3 aliphatic rings. The number of aliphatic hydroxyl groups is 9. The van der Waals surface area contributed by atoms with E-state index in [4.69, 9.17) is 33.2 Å². The molecule has 0 radical (unpaired) electrons. The number of amides is 1. The molecule has 0 aliphatic carbocycles. The van der Waals surface area contributed by atoms with Gasteiger partial charge in [0, 0.05) is 26.9 Å². The first kappa shape index (κ1) is 41.2. The topological polar surface area (TPSA) is 330 Å². The van der Waals surface area contributed by atoms with E-state index in [1.165, 1.54) is 0 Å². The third kappa shape index (κ3) is 9.58. The molecule has 3 rings (SSSR count). The van der Waals surface area contributed by atoms with Gasteiger partial charge in [-0.1, -0.05) is 6.92 Å². The van der Waals surface area contributed by atoms with Gasteiger partial charge in [-0.05, 0) is 6.42 Å². The molecule has 16 atom stereocenters. The predicted molar refractivity (Wildman–Crippen MR) is 154 cm³/mol. The Morgan fingerprint density at radius 2 is 1.59 bits per heavy atom. The van der Waals surface area contributed by atoms with Crippen LogP contribution >= 0.6 is 0 Å². The number of carbonyl (C=O) groups excluding carboxylic acids is 2. The van der Waals surface area contributed by atoms with E-state index in [-0.39, 0.29) is 6.42 Å². The van der Waals surface area contributed by atoms with Crippen LogP contribution in [0.25, 0.3) is 0 Å². The lowest BCUT2D eigenvalue weighted by Crippen LogP contribution is -2.70. The molecule has 284 valence electrons. The number of hydrogen-bond donors (Lipinski definition) is 11. The van der Waals surface area contributed by atoms with Gasteiger partial charge in [-0.15, -0.1) is 0 Å². The van der Waals surface area contributed by atoms with Crippen molar-refractivity contribution in [3.8, 4) is 0 Å². The number of nitrogens with one attached hydrogen (secondary N) is 1. The minimum absolute atomic E-state index is 0.00570. The van der Waals surface area contributed by atoms with Crippen LogP contribution in [0.1, 0.15) is 33.1 Å². The Morgan fingerprint density at radius 3 is 2.16 bits per heavy atom. The highest BCUT2D eigenvalue weighted by atomic mass is 16.8. The summed E-state index contributed by atoms with van der Waals surface area (Å²) in [6, 6.07) is -1.55. The zero-order valence-electron chi connectivity index (χ0n) is 27.0. The van der Waals surface area contributed by atoms with Crippen LogP contribution < -0.4 is 5.32 Å². The Balaban J connectivity index is 1.86. The lowest BCUT2D eigenvalue weighted by atomic mass is 9.88. The number of hydrogen-bond acceptors (Lipinski definition) is 19. The van der Waals surface area contributed by atoms with Crippen LogP contribution in [-0.4, -0.2) is 193 Å². The fraction of sp³-hybridized carbons (Fsp3) is 0.893. The number of rotatable bonds is 15. The molecule has 11 N–H and O–H groups in total. The summed E-state index contributed by atoms with van der Waals surface area (Å²) >= 11 is 0. The Labute approximate surface area is 279 Å². The molecule has 0 aromatic carbocycles. The summed E-state index contributed by atoms with van der Waals surface area (Å²) in [5, 5.41) is 108. The van der Waals surface area contributed by atoms with E-state index in [0.717, 1.165) is 14.0 Å². The Bertz CT molecular complexity index is 1100. The lowest BCUT2D eigenvalue weighted by molar-refractivity contribution is -0.373. The lowest BCUT2D eigenvalue weighted by Gasteiger charge is -2.50. The second-order valence-corrected chi connectivity index (χ2v) is 12.0. The summed E-state index contributed by atoms with van der Waals surface area (Å²) in [6.45, 7) is 0.388. The van der Waals surface area contributed by atoms with Crippen molar-refractivity contribution in [3.63, 3.8) is 0 Å². The summed E-state index contributed by atoms with van der Waals surface area (Å²) in [5.41, 5.74) is 0. The van der Waals surface area contributed by atoms with Crippen molar-refractivity contribution >= 4 is 17.8 Å². The van der Waals surface area contributed by atoms with Crippen LogP contribution in [0.15, 0.2) is 0 Å². The molecule has 0 bridgehead atoms. The number of esters is 1. The highest BCUT2D eigenvalue weighted by Crippen LogP contribution is 2.37. The van der Waals surface area contributed by atoms with Gasteiger partial charge in [0.1, 0.15) is 73.8 Å². The van der Waals surface area contributed by atoms with Gasteiger partial charge in [-0.25, -0.2) is 4.79 Å². The average Bonchev–Trinajstić information content (AvgIpc) is 3.05. The van der Waals surface area contributed by atoms with E-state index >= 15 is 0 Å². The van der Waals surface area contributed by atoms with Gasteiger partial charge >= 0.3 is 11.9 Å². The summed E-state index contributed by atoms with van der Waals surface area (Å²) < 4.78 is 37.4. The summed E-state index contributed by atoms with van der Waals surface area (Å²) in [5.74, 6) is -6.42. The number of carbonyl (C=O) groups is 3. The van der Waals surface area contributed by atoms with Gasteiger partial charge in [0.2, 0.25) is 5.91 Å². The van der Waals surface area contributed by atoms with Crippen molar-refractivity contribution < 1.29 is 98.6 Å². The van der Waals surface area contributed by atoms with E-state index in [2.05, 4.69) is 5.32 Å². The van der Waals surface area contributed by atoms with Crippen molar-refractivity contribution in [2.24, 2.45) is 0 Å². The Kier molecular flexibility index (Phi) is 15.0. The van der Waals surface area contributed by atoms with Crippen molar-refractivity contribution in [1.29, 1.82) is 0 Å². The molecular weight excluding hydrogens is 670 g/mol. The summed E-state index contributed by atoms with van der Waals surface area (Å²) in [7, 11) is 1.16. The monoisotopic (exact) mass is 717 g/mol. The quantitative estimate of drug-likeness (QED) is 0.0702. The van der Waals surface area contributed by atoms with Crippen LogP contribution in [0.4, 0.5) is 0 Å². The van der Waals surface area contributed by atoms with E-state index in [1.807, 2.05) is 0 Å². The maximum absolute atomic E-state index is 12.7. The van der Waals surface area contributed by atoms with E-state index in [9.17, 15) is 65.4 Å². The molecule has 1 amide bonds. The third-order valence-electron chi connectivity index (χ3n) is 8.34. The fourth-order valence-corrected chi connectivity index (χ4v) is 5.68. The van der Waals surface area contributed by atoms with Crippen LogP contribution in [-0.2, 0) is 47.5 Å². The number of aliphatic carboxylic acids is 1. The van der Waals surface area contributed by atoms with Gasteiger partial charge in [-0.2, -0.15) is 0 Å². The van der Waals surface area contributed by atoms with Crippen molar-refractivity contribution in [2.45, 2.75) is 131 Å². The van der Waals surface area contributed by atoms with Gasteiger partial charge in [0.25, 0.3) is 5.79 Å². The Morgan fingerprint density at radius 1 is 0.939 bits per heavy atom. The molecule has 0 spiro atoms. The standard InChI is InChI=1S/C28H47NO20/c1-4-5-15(34)44-8-12(33)17(35)23-16(29-10(2)31)11(32)6-28(48-23,27(41)42)49-24-19(37)13(7-30)46-26(22(24)40)45-9-14-18(36)20(38)21(39)25(43-3)47-14/h11-14,16-26,30,32-33,35-40H,4-9H2,1-3H3,(H,29,31)(H,41,42)/t11-,12+,13+,14+,16+,17+,18+,19-,20-,21+,22+,23+,24-,25-,26+,28-/m0/s1. The van der Waals surface area contributed by atoms with Crippen molar-refractivity contribution in [1.82, 2.24) is 5.32 Å². The number of carboxylic acids is 1. The normalized spacial score (nSPS) is 41.0. The average molecular weight is 718 g/mol. The first-order chi connectivity index (χ1) is 23.0.